The highest BCUT2D eigenvalue weighted by molar-refractivity contribution is 5.98. The summed E-state index contributed by atoms with van der Waals surface area (Å²) in [5.41, 5.74) is 0.735. The van der Waals surface area contributed by atoms with Gasteiger partial charge in [-0.3, -0.25) is 4.79 Å². The molecule has 2 aromatic carbocycles. The van der Waals surface area contributed by atoms with E-state index in [2.05, 4.69) is 4.90 Å². The van der Waals surface area contributed by atoms with Crippen LogP contribution in [0.3, 0.4) is 0 Å². The van der Waals surface area contributed by atoms with Crippen LogP contribution in [-0.4, -0.2) is 28.0 Å². The summed E-state index contributed by atoms with van der Waals surface area (Å²) < 4.78 is 0. The van der Waals surface area contributed by atoms with Gasteiger partial charge in [0, 0.05) is 23.7 Å². The fourth-order valence-corrected chi connectivity index (χ4v) is 5.08. The zero-order valence-corrected chi connectivity index (χ0v) is 16.6. The second-order valence-corrected chi connectivity index (χ2v) is 8.38. The number of hydrogen-bond acceptors (Lipinski definition) is 2. The topological polar surface area (TPSA) is 40.5 Å². The van der Waals surface area contributed by atoms with Gasteiger partial charge < -0.3 is 10.0 Å². The SMILES string of the molecule is O=C(/C=C/c1c(O)ccc2ccccc12)N(C1CCCCC1)C1CCCCC1. The van der Waals surface area contributed by atoms with Crippen LogP contribution < -0.4 is 0 Å². The van der Waals surface area contributed by atoms with Gasteiger partial charge >= 0.3 is 0 Å². The predicted molar refractivity (Wildman–Crippen MR) is 115 cm³/mol. The number of aromatic hydroxyl groups is 1. The molecule has 2 aliphatic carbocycles. The quantitative estimate of drug-likeness (QED) is 0.659. The zero-order valence-electron chi connectivity index (χ0n) is 16.6. The molecule has 0 aliphatic heterocycles. The van der Waals surface area contributed by atoms with Crippen molar-refractivity contribution in [3.63, 3.8) is 0 Å². The maximum atomic E-state index is 13.3. The van der Waals surface area contributed by atoms with E-state index in [1.54, 1.807) is 12.1 Å². The van der Waals surface area contributed by atoms with Crippen molar-refractivity contribution >= 4 is 22.8 Å². The van der Waals surface area contributed by atoms with Crippen LogP contribution in [0, 0.1) is 0 Å². The highest BCUT2D eigenvalue weighted by atomic mass is 16.3. The maximum Gasteiger partial charge on any atom is 0.247 e. The first-order chi connectivity index (χ1) is 13.7. The van der Waals surface area contributed by atoms with Gasteiger partial charge in [0.15, 0.2) is 0 Å². The van der Waals surface area contributed by atoms with Gasteiger partial charge in [0.05, 0.1) is 0 Å². The lowest BCUT2D eigenvalue weighted by molar-refractivity contribution is -0.132. The van der Waals surface area contributed by atoms with Gasteiger partial charge in [-0.1, -0.05) is 68.9 Å². The van der Waals surface area contributed by atoms with Gasteiger partial charge in [-0.25, -0.2) is 0 Å². The van der Waals surface area contributed by atoms with Crippen LogP contribution in [0.25, 0.3) is 16.8 Å². The molecular weight excluding hydrogens is 346 g/mol. The van der Waals surface area contributed by atoms with Gasteiger partial charge in [0.25, 0.3) is 0 Å². The molecule has 0 saturated heterocycles. The van der Waals surface area contributed by atoms with Crippen molar-refractivity contribution in [2.24, 2.45) is 0 Å². The molecular formula is C25H31NO2. The summed E-state index contributed by atoms with van der Waals surface area (Å²) >= 11 is 0. The number of fused-ring (bicyclic) bond motifs is 1. The Morgan fingerprint density at radius 2 is 1.46 bits per heavy atom. The van der Waals surface area contributed by atoms with Crippen LogP contribution >= 0.6 is 0 Å². The molecule has 0 bridgehead atoms. The number of benzene rings is 2. The molecule has 3 nitrogen and oxygen atoms in total. The number of phenolic OH excluding ortho intramolecular Hbond substituents is 1. The Morgan fingerprint density at radius 3 is 2.11 bits per heavy atom. The van der Waals surface area contributed by atoms with E-state index in [9.17, 15) is 9.90 Å². The number of rotatable bonds is 4. The van der Waals surface area contributed by atoms with E-state index in [0.29, 0.717) is 12.1 Å². The monoisotopic (exact) mass is 377 g/mol. The molecule has 2 saturated carbocycles. The first-order valence-electron chi connectivity index (χ1n) is 10.9. The number of hydrogen-bond donors (Lipinski definition) is 1. The molecule has 2 aliphatic rings. The van der Waals surface area contributed by atoms with Gasteiger partial charge in [-0.2, -0.15) is 0 Å². The molecule has 3 heteroatoms. The molecule has 1 amide bonds. The first-order valence-corrected chi connectivity index (χ1v) is 10.9. The Kier molecular flexibility index (Phi) is 5.99. The predicted octanol–water partition coefficient (Wildman–Crippen LogP) is 6.05. The molecule has 2 aromatic rings. The largest absolute Gasteiger partial charge is 0.507 e. The summed E-state index contributed by atoms with van der Waals surface area (Å²) in [5.74, 6) is 0.343. The van der Waals surface area contributed by atoms with Crippen LogP contribution in [0.1, 0.15) is 69.8 Å². The molecule has 4 rings (SSSR count). The fraction of sp³-hybridized carbons (Fsp3) is 0.480. The Balaban J connectivity index is 1.61. The summed E-state index contributed by atoms with van der Waals surface area (Å²) in [6, 6.07) is 12.4. The average Bonchev–Trinajstić information content (AvgIpc) is 2.75. The van der Waals surface area contributed by atoms with Crippen molar-refractivity contribution in [1.29, 1.82) is 0 Å². The van der Waals surface area contributed by atoms with E-state index in [4.69, 9.17) is 0 Å². The number of nitrogens with zero attached hydrogens (tertiary/aromatic N) is 1. The summed E-state index contributed by atoms with van der Waals surface area (Å²) in [4.78, 5) is 15.5. The molecule has 0 unspecified atom stereocenters. The van der Waals surface area contributed by atoms with Crippen molar-refractivity contribution in [1.82, 2.24) is 4.90 Å². The molecule has 0 aromatic heterocycles. The highest BCUT2D eigenvalue weighted by Gasteiger charge is 2.31. The number of amides is 1. The summed E-state index contributed by atoms with van der Waals surface area (Å²) in [6.07, 6.45) is 15.6. The molecule has 0 heterocycles. The van der Waals surface area contributed by atoms with Crippen LogP contribution in [0.5, 0.6) is 5.75 Å². The lowest BCUT2D eigenvalue weighted by Crippen LogP contribution is -2.48. The van der Waals surface area contributed by atoms with Crippen LogP contribution in [0.4, 0.5) is 0 Å². The zero-order chi connectivity index (χ0) is 19.3. The second-order valence-electron chi connectivity index (χ2n) is 8.38. The van der Waals surface area contributed by atoms with Crippen LogP contribution in [-0.2, 0) is 4.79 Å². The third-order valence-corrected chi connectivity index (χ3v) is 6.53. The highest BCUT2D eigenvalue weighted by Crippen LogP contribution is 2.32. The van der Waals surface area contributed by atoms with Crippen molar-refractivity contribution in [3.8, 4) is 5.75 Å². The van der Waals surface area contributed by atoms with Crippen molar-refractivity contribution in [2.75, 3.05) is 0 Å². The van der Waals surface area contributed by atoms with Gasteiger partial charge in [-0.05, 0) is 48.6 Å². The molecule has 2 fully saturated rings. The molecule has 0 spiro atoms. The summed E-state index contributed by atoms with van der Waals surface area (Å²) in [5, 5.41) is 12.4. The standard InChI is InChI=1S/C25H31NO2/c27-24-17-15-19-9-7-8-14-22(19)23(24)16-18-25(28)26(20-10-3-1-4-11-20)21-12-5-2-6-13-21/h7-9,14-18,20-21,27H,1-6,10-13H2/b18-16+. The van der Waals surface area contributed by atoms with E-state index < -0.39 is 0 Å². The van der Waals surface area contributed by atoms with Crippen molar-refractivity contribution in [2.45, 2.75) is 76.3 Å². The minimum absolute atomic E-state index is 0.117. The molecule has 0 radical (unpaired) electrons. The fourth-order valence-electron chi connectivity index (χ4n) is 5.08. The van der Waals surface area contributed by atoms with E-state index >= 15 is 0 Å². The average molecular weight is 378 g/mol. The van der Waals surface area contributed by atoms with E-state index in [0.717, 1.165) is 42.0 Å². The van der Waals surface area contributed by atoms with Crippen LogP contribution in [0.15, 0.2) is 42.5 Å². The van der Waals surface area contributed by atoms with Gasteiger partial charge in [0.1, 0.15) is 5.75 Å². The normalized spacial score (nSPS) is 19.3. The maximum absolute atomic E-state index is 13.3. The molecule has 28 heavy (non-hydrogen) atoms. The third kappa shape index (κ3) is 4.09. The Morgan fingerprint density at radius 1 is 0.857 bits per heavy atom. The molecule has 1 N–H and O–H groups in total. The van der Waals surface area contributed by atoms with Gasteiger partial charge in [-0.15, -0.1) is 0 Å². The van der Waals surface area contributed by atoms with E-state index in [1.807, 2.05) is 36.4 Å². The number of carbonyl (C=O) groups is 1. The molecule has 0 atom stereocenters. The van der Waals surface area contributed by atoms with Crippen molar-refractivity contribution < 1.29 is 9.90 Å². The lowest BCUT2D eigenvalue weighted by Gasteiger charge is -2.41. The van der Waals surface area contributed by atoms with Crippen molar-refractivity contribution in [3.05, 3.63) is 48.0 Å². The smallest absolute Gasteiger partial charge is 0.247 e. The summed E-state index contributed by atoms with van der Waals surface area (Å²) in [7, 11) is 0. The minimum Gasteiger partial charge on any atom is -0.507 e. The summed E-state index contributed by atoms with van der Waals surface area (Å²) in [6.45, 7) is 0. The minimum atomic E-state index is 0.117. The Bertz CT molecular complexity index is 827. The lowest BCUT2D eigenvalue weighted by atomic mass is 9.88. The Hall–Kier alpha value is -2.29. The first kappa shape index (κ1) is 19.0. The van der Waals surface area contributed by atoms with E-state index in [1.165, 1.54) is 38.5 Å². The van der Waals surface area contributed by atoms with Gasteiger partial charge in [0.2, 0.25) is 5.91 Å². The number of phenols is 1. The Labute approximate surface area is 168 Å². The van der Waals surface area contributed by atoms with Crippen LogP contribution in [0.2, 0.25) is 0 Å². The second kappa shape index (κ2) is 8.81. The number of carbonyl (C=O) groups excluding carboxylic acids is 1. The van der Waals surface area contributed by atoms with E-state index in [-0.39, 0.29) is 11.7 Å². The molecule has 148 valence electrons. The third-order valence-electron chi connectivity index (χ3n) is 6.53.